The Morgan fingerprint density at radius 1 is 0.694 bits per heavy atom. The summed E-state index contributed by atoms with van der Waals surface area (Å²) in [6, 6.07) is 39.8. The van der Waals surface area contributed by atoms with Crippen LogP contribution in [0.25, 0.3) is 33.6 Å². The third kappa shape index (κ3) is 3.70. The van der Waals surface area contributed by atoms with E-state index in [9.17, 15) is 4.79 Å². The van der Waals surface area contributed by atoms with Crippen LogP contribution in [-0.2, 0) is 6.54 Å². The average Bonchev–Trinajstić information content (AvgIpc) is 3.43. The summed E-state index contributed by atoms with van der Waals surface area (Å²) in [5.74, 6) is 0.200. The van der Waals surface area contributed by atoms with Gasteiger partial charge in [-0.1, -0.05) is 122 Å². The Morgan fingerprint density at radius 2 is 1.25 bits per heavy atom. The molecule has 4 aromatic carbocycles. The maximum absolute atomic E-state index is 13.5. The summed E-state index contributed by atoms with van der Waals surface area (Å²) in [6.45, 7) is 3.15. The lowest BCUT2D eigenvalue weighted by Gasteiger charge is -2.19. The van der Waals surface area contributed by atoms with Crippen molar-refractivity contribution in [3.05, 3.63) is 132 Å². The largest absolute Gasteiger partial charge is 0.340 e. The number of rotatable bonds is 7. The van der Waals surface area contributed by atoms with Gasteiger partial charge in [0.15, 0.2) is 5.78 Å². The van der Waals surface area contributed by atoms with E-state index in [1.54, 1.807) is 0 Å². The van der Waals surface area contributed by atoms with Crippen molar-refractivity contribution >= 4 is 5.78 Å². The Balaban J connectivity index is 1.65. The standard InChI is InChI=1S/C34H29NO/c1-2-22-35-33(25-16-8-4-9-17-25)31-28-21-13-12-20-27(28)29(23-30(36)24-14-6-3-7-15-24)32(31)34(35)26-18-10-5-11-19-26/h3-21,29H,2,22-23H2,1H3. The van der Waals surface area contributed by atoms with Crippen LogP contribution >= 0.6 is 0 Å². The minimum atomic E-state index is 0.0136. The van der Waals surface area contributed by atoms with Gasteiger partial charge in [0.25, 0.3) is 0 Å². The number of aromatic nitrogens is 1. The van der Waals surface area contributed by atoms with Gasteiger partial charge in [-0.15, -0.1) is 0 Å². The van der Waals surface area contributed by atoms with Crippen molar-refractivity contribution in [3.8, 4) is 33.6 Å². The van der Waals surface area contributed by atoms with Gasteiger partial charge >= 0.3 is 0 Å². The Hall–Kier alpha value is -4.17. The molecular weight excluding hydrogens is 438 g/mol. The fourth-order valence-electron chi connectivity index (χ4n) is 5.82. The fraction of sp³-hybridized carbons (Fsp3) is 0.147. The first-order valence-corrected chi connectivity index (χ1v) is 12.8. The summed E-state index contributed by atoms with van der Waals surface area (Å²) in [4.78, 5) is 13.5. The highest BCUT2D eigenvalue weighted by Gasteiger charge is 2.38. The van der Waals surface area contributed by atoms with E-state index in [0.29, 0.717) is 6.42 Å². The molecule has 0 fully saturated rings. The van der Waals surface area contributed by atoms with Gasteiger partial charge in [-0.3, -0.25) is 4.79 Å². The smallest absolute Gasteiger partial charge is 0.163 e. The number of fused-ring (bicyclic) bond motifs is 3. The molecule has 1 atom stereocenters. The minimum Gasteiger partial charge on any atom is -0.340 e. The lowest BCUT2D eigenvalue weighted by molar-refractivity contribution is 0.0978. The molecular formula is C34H29NO. The van der Waals surface area contributed by atoms with Gasteiger partial charge in [0.05, 0.1) is 11.4 Å². The summed E-state index contributed by atoms with van der Waals surface area (Å²) in [7, 11) is 0. The molecule has 6 rings (SSSR count). The first-order valence-electron chi connectivity index (χ1n) is 12.8. The molecule has 1 heterocycles. The molecule has 2 heteroatoms. The predicted octanol–water partition coefficient (Wildman–Crippen LogP) is 8.62. The first kappa shape index (κ1) is 22.3. The average molecular weight is 468 g/mol. The molecule has 0 N–H and O–H groups in total. The highest BCUT2D eigenvalue weighted by atomic mass is 16.1. The highest BCUT2D eigenvalue weighted by molar-refractivity contribution is 6.01. The van der Waals surface area contributed by atoms with Crippen molar-refractivity contribution < 1.29 is 4.79 Å². The first-order chi connectivity index (χ1) is 17.8. The third-order valence-electron chi connectivity index (χ3n) is 7.28. The zero-order valence-corrected chi connectivity index (χ0v) is 20.5. The molecule has 0 radical (unpaired) electrons. The monoisotopic (exact) mass is 467 g/mol. The number of carbonyl (C=O) groups is 1. The van der Waals surface area contributed by atoms with Crippen LogP contribution in [-0.4, -0.2) is 10.4 Å². The second-order valence-electron chi connectivity index (χ2n) is 9.50. The quantitative estimate of drug-likeness (QED) is 0.220. The van der Waals surface area contributed by atoms with Crippen LogP contribution in [0.5, 0.6) is 0 Å². The van der Waals surface area contributed by atoms with Crippen molar-refractivity contribution in [2.45, 2.75) is 32.2 Å². The lowest BCUT2D eigenvalue weighted by Crippen LogP contribution is -2.09. The molecule has 0 saturated heterocycles. The molecule has 0 spiro atoms. The number of Topliss-reactive ketones (excluding diaryl/α,β-unsaturated/α-hetero) is 1. The van der Waals surface area contributed by atoms with E-state index in [4.69, 9.17) is 0 Å². The molecule has 1 unspecified atom stereocenters. The van der Waals surface area contributed by atoms with E-state index in [1.807, 2.05) is 30.3 Å². The molecule has 176 valence electrons. The summed E-state index contributed by atoms with van der Waals surface area (Å²) in [6.07, 6.45) is 1.49. The highest BCUT2D eigenvalue weighted by Crippen LogP contribution is 2.55. The normalized spacial score (nSPS) is 13.9. The maximum atomic E-state index is 13.5. The molecule has 2 nitrogen and oxygen atoms in total. The van der Waals surface area contributed by atoms with Crippen LogP contribution in [0.1, 0.15) is 47.2 Å². The maximum Gasteiger partial charge on any atom is 0.163 e. The van der Waals surface area contributed by atoms with Crippen LogP contribution in [0.2, 0.25) is 0 Å². The van der Waals surface area contributed by atoms with Crippen molar-refractivity contribution in [2.75, 3.05) is 0 Å². The van der Waals surface area contributed by atoms with Crippen LogP contribution < -0.4 is 0 Å². The predicted molar refractivity (Wildman–Crippen MR) is 148 cm³/mol. The van der Waals surface area contributed by atoms with E-state index < -0.39 is 0 Å². The summed E-state index contributed by atoms with van der Waals surface area (Å²) in [5, 5.41) is 0. The summed E-state index contributed by atoms with van der Waals surface area (Å²) < 4.78 is 2.51. The number of carbonyl (C=O) groups excluding carboxylic acids is 1. The summed E-state index contributed by atoms with van der Waals surface area (Å²) >= 11 is 0. The van der Waals surface area contributed by atoms with Crippen molar-refractivity contribution in [3.63, 3.8) is 0 Å². The van der Waals surface area contributed by atoms with Gasteiger partial charge in [0.2, 0.25) is 0 Å². The third-order valence-corrected chi connectivity index (χ3v) is 7.28. The van der Waals surface area contributed by atoms with Gasteiger partial charge < -0.3 is 4.57 Å². The van der Waals surface area contributed by atoms with Gasteiger partial charge in [-0.25, -0.2) is 0 Å². The number of hydrogen-bond acceptors (Lipinski definition) is 1. The van der Waals surface area contributed by atoms with Crippen molar-refractivity contribution in [1.29, 1.82) is 0 Å². The van der Waals surface area contributed by atoms with Crippen LogP contribution in [0, 0.1) is 0 Å². The molecule has 5 aromatic rings. The number of ketones is 1. The van der Waals surface area contributed by atoms with Gasteiger partial charge in [-0.05, 0) is 34.2 Å². The molecule has 0 saturated carbocycles. The Morgan fingerprint density at radius 3 is 1.89 bits per heavy atom. The molecule has 1 aliphatic carbocycles. The van der Waals surface area contributed by atoms with Crippen LogP contribution in [0.3, 0.4) is 0 Å². The molecule has 0 bridgehead atoms. The van der Waals surface area contributed by atoms with Gasteiger partial charge in [0.1, 0.15) is 0 Å². The van der Waals surface area contributed by atoms with Crippen LogP contribution in [0.4, 0.5) is 0 Å². The molecule has 36 heavy (non-hydrogen) atoms. The molecule has 0 amide bonds. The Bertz CT molecular complexity index is 1510. The Labute approximate surface area is 212 Å². The number of nitrogens with zero attached hydrogens (tertiary/aromatic N) is 1. The van der Waals surface area contributed by atoms with E-state index in [-0.39, 0.29) is 11.7 Å². The molecule has 0 aliphatic heterocycles. The number of benzene rings is 4. The van der Waals surface area contributed by atoms with E-state index in [0.717, 1.165) is 18.5 Å². The zero-order chi connectivity index (χ0) is 24.5. The fourth-order valence-corrected chi connectivity index (χ4v) is 5.82. The summed E-state index contributed by atoms with van der Waals surface area (Å²) in [5.41, 5.74) is 10.8. The second-order valence-corrected chi connectivity index (χ2v) is 9.50. The SMILES string of the molecule is CCCn1c(-c2ccccc2)c2c(c1-c1ccccc1)C(CC(=O)c1ccccc1)c1ccccc1-2. The molecule has 1 aliphatic rings. The van der Waals surface area contributed by atoms with Gasteiger partial charge in [0, 0.05) is 30.0 Å². The van der Waals surface area contributed by atoms with E-state index >= 15 is 0 Å². The topological polar surface area (TPSA) is 22.0 Å². The number of hydrogen-bond donors (Lipinski definition) is 0. The lowest BCUT2D eigenvalue weighted by atomic mass is 9.88. The second kappa shape index (κ2) is 9.47. The van der Waals surface area contributed by atoms with Crippen LogP contribution in [0.15, 0.2) is 115 Å². The molecule has 1 aromatic heterocycles. The van der Waals surface area contributed by atoms with Gasteiger partial charge in [-0.2, -0.15) is 0 Å². The van der Waals surface area contributed by atoms with Crippen molar-refractivity contribution in [1.82, 2.24) is 4.57 Å². The van der Waals surface area contributed by atoms with Crippen molar-refractivity contribution in [2.24, 2.45) is 0 Å². The minimum absolute atomic E-state index is 0.0136. The zero-order valence-electron chi connectivity index (χ0n) is 20.5. The van der Waals surface area contributed by atoms with E-state index in [2.05, 4.69) is 96.4 Å². The van der Waals surface area contributed by atoms with E-state index in [1.165, 1.54) is 44.8 Å². The Kier molecular flexibility index (Phi) is 5.87.